The lowest BCUT2D eigenvalue weighted by atomic mass is 9.82. The van der Waals surface area contributed by atoms with Crippen molar-refractivity contribution < 1.29 is 9.53 Å². The Kier molecular flexibility index (Phi) is 4.53. The number of carbonyl (C=O) groups is 1. The molecule has 2 atom stereocenters. The molecule has 0 bridgehead atoms. The standard InChI is InChI=1S/C15H22N2O2/c1-10(2)19-13-6-12(8-17-9-13)15(18)14-4-5-16-7-11(14)3/h6,8-11,14,16H,4-5,7H2,1-3H3. The van der Waals surface area contributed by atoms with E-state index in [-0.39, 0.29) is 17.8 Å². The Morgan fingerprint density at radius 2 is 2.26 bits per heavy atom. The summed E-state index contributed by atoms with van der Waals surface area (Å²) in [6.07, 6.45) is 4.28. The Hall–Kier alpha value is -1.42. The van der Waals surface area contributed by atoms with Gasteiger partial charge in [-0.15, -0.1) is 0 Å². The molecule has 1 aliphatic rings. The minimum absolute atomic E-state index is 0.0879. The number of nitrogens with zero attached hydrogens (tertiary/aromatic N) is 1. The van der Waals surface area contributed by atoms with E-state index in [1.807, 2.05) is 19.9 Å². The lowest BCUT2D eigenvalue weighted by Gasteiger charge is -2.28. The van der Waals surface area contributed by atoms with Gasteiger partial charge in [-0.3, -0.25) is 9.78 Å². The fraction of sp³-hybridized carbons (Fsp3) is 0.600. The topological polar surface area (TPSA) is 51.2 Å². The third kappa shape index (κ3) is 3.53. The van der Waals surface area contributed by atoms with Crippen molar-refractivity contribution in [3.63, 3.8) is 0 Å². The van der Waals surface area contributed by atoms with Gasteiger partial charge in [-0.25, -0.2) is 0 Å². The normalized spacial score (nSPS) is 23.4. The van der Waals surface area contributed by atoms with Crippen molar-refractivity contribution in [2.45, 2.75) is 33.3 Å². The van der Waals surface area contributed by atoms with Crippen LogP contribution in [0, 0.1) is 11.8 Å². The molecule has 0 radical (unpaired) electrons. The Morgan fingerprint density at radius 3 is 2.95 bits per heavy atom. The highest BCUT2D eigenvalue weighted by Crippen LogP contribution is 2.24. The molecule has 104 valence electrons. The highest BCUT2D eigenvalue weighted by molar-refractivity contribution is 5.98. The van der Waals surface area contributed by atoms with Crippen LogP contribution in [0.3, 0.4) is 0 Å². The zero-order chi connectivity index (χ0) is 13.8. The van der Waals surface area contributed by atoms with Crippen molar-refractivity contribution in [3.05, 3.63) is 24.0 Å². The second kappa shape index (κ2) is 6.15. The maximum absolute atomic E-state index is 12.5. The molecule has 2 heterocycles. The van der Waals surface area contributed by atoms with E-state index in [1.165, 1.54) is 0 Å². The van der Waals surface area contributed by atoms with E-state index in [0.29, 0.717) is 17.2 Å². The number of hydrogen-bond acceptors (Lipinski definition) is 4. The maximum Gasteiger partial charge on any atom is 0.167 e. The summed E-state index contributed by atoms with van der Waals surface area (Å²) < 4.78 is 5.59. The summed E-state index contributed by atoms with van der Waals surface area (Å²) in [5.74, 6) is 1.33. The van der Waals surface area contributed by atoms with Gasteiger partial charge >= 0.3 is 0 Å². The van der Waals surface area contributed by atoms with Gasteiger partial charge in [0.25, 0.3) is 0 Å². The number of nitrogens with one attached hydrogen (secondary N) is 1. The average Bonchev–Trinajstić information content (AvgIpc) is 2.38. The first-order valence-corrected chi connectivity index (χ1v) is 6.94. The average molecular weight is 262 g/mol. The summed E-state index contributed by atoms with van der Waals surface area (Å²) in [6, 6.07) is 1.81. The monoisotopic (exact) mass is 262 g/mol. The quantitative estimate of drug-likeness (QED) is 0.846. The summed E-state index contributed by atoms with van der Waals surface area (Å²) in [5.41, 5.74) is 0.664. The SMILES string of the molecule is CC(C)Oc1cncc(C(=O)C2CCNCC2C)c1. The predicted octanol–water partition coefficient (Wildman–Crippen LogP) is 2.30. The molecule has 2 unspecified atom stereocenters. The summed E-state index contributed by atoms with van der Waals surface area (Å²) in [7, 11) is 0. The number of carbonyl (C=O) groups excluding carboxylic acids is 1. The first kappa shape index (κ1) is 14.0. The van der Waals surface area contributed by atoms with Gasteiger partial charge in [0, 0.05) is 17.7 Å². The molecule has 1 aromatic rings. The maximum atomic E-state index is 12.5. The van der Waals surface area contributed by atoms with Gasteiger partial charge in [0.2, 0.25) is 0 Å². The van der Waals surface area contributed by atoms with Gasteiger partial charge < -0.3 is 10.1 Å². The molecule has 0 aromatic carbocycles. The second-order valence-corrected chi connectivity index (χ2v) is 5.52. The van der Waals surface area contributed by atoms with Crippen LogP contribution in [-0.4, -0.2) is 30.0 Å². The van der Waals surface area contributed by atoms with E-state index >= 15 is 0 Å². The minimum atomic E-state index is 0.0879. The Morgan fingerprint density at radius 1 is 1.47 bits per heavy atom. The highest BCUT2D eigenvalue weighted by Gasteiger charge is 2.28. The second-order valence-electron chi connectivity index (χ2n) is 5.52. The van der Waals surface area contributed by atoms with Gasteiger partial charge in [-0.2, -0.15) is 0 Å². The van der Waals surface area contributed by atoms with Crippen LogP contribution in [0.2, 0.25) is 0 Å². The third-order valence-corrected chi connectivity index (χ3v) is 3.49. The van der Waals surface area contributed by atoms with Crippen LogP contribution in [0.4, 0.5) is 0 Å². The van der Waals surface area contributed by atoms with Gasteiger partial charge in [-0.1, -0.05) is 6.92 Å². The molecular weight excluding hydrogens is 240 g/mol. The van der Waals surface area contributed by atoms with Crippen molar-refractivity contribution in [2.75, 3.05) is 13.1 Å². The number of ether oxygens (including phenoxy) is 1. The molecule has 4 heteroatoms. The zero-order valence-corrected chi connectivity index (χ0v) is 11.8. The third-order valence-electron chi connectivity index (χ3n) is 3.49. The molecule has 1 N–H and O–H groups in total. The van der Waals surface area contributed by atoms with Crippen molar-refractivity contribution in [3.8, 4) is 5.75 Å². The summed E-state index contributed by atoms with van der Waals surface area (Å²) in [5, 5.41) is 3.32. The van der Waals surface area contributed by atoms with E-state index in [1.54, 1.807) is 12.4 Å². The predicted molar refractivity (Wildman–Crippen MR) is 74.5 cm³/mol. The van der Waals surface area contributed by atoms with Gasteiger partial charge in [0.05, 0.1) is 12.3 Å². The van der Waals surface area contributed by atoms with Crippen molar-refractivity contribution in [1.29, 1.82) is 0 Å². The number of piperidine rings is 1. The van der Waals surface area contributed by atoms with Crippen molar-refractivity contribution >= 4 is 5.78 Å². The minimum Gasteiger partial charge on any atom is -0.489 e. The van der Waals surface area contributed by atoms with E-state index in [0.717, 1.165) is 19.5 Å². The molecule has 2 rings (SSSR count). The van der Waals surface area contributed by atoms with Crippen LogP contribution >= 0.6 is 0 Å². The van der Waals surface area contributed by atoms with E-state index in [9.17, 15) is 4.79 Å². The van der Waals surface area contributed by atoms with Crippen LogP contribution < -0.4 is 10.1 Å². The van der Waals surface area contributed by atoms with Crippen LogP contribution in [0.1, 0.15) is 37.6 Å². The molecule has 0 spiro atoms. The fourth-order valence-corrected chi connectivity index (χ4v) is 2.51. The molecule has 19 heavy (non-hydrogen) atoms. The van der Waals surface area contributed by atoms with E-state index < -0.39 is 0 Å². The van der Waals surface area contributed by atoms with Crippen LogP contribution in [-0.2, 0) is 0 Å². The first-order chi connectivity index (χ1) is 9.08. The Bertz CT molecular complexity index is 446. The number of hydrogen-bond donors (Lipinski definition) is 1. The van der Waals surface area contributed by atoms with Crippen LogP contribution in [0.15, 0.2) is 18.5 Å². The van der Waals surface area contributed by atoms with E-state index in [2.05, 4.69) is 17.2 Å². The van der Waals surface area contributed by atoms with Crippen LogP contribution in [0.5, 0.6) is 5.75 Å². The molecule has 0 aliphatic carbocycles. The van der Waals surface area contributed by atoms with Gasteiger partial charge in [-0.05, 0) is 45.3 Å². The first-order valence-electron chi connectivity index (χ1n) is 6.94. The number of ketones is 1. The molecule has 0 amide bonds. The van der Waals surface area contributed by atoms with Crippen molar-refractivity contribution in [1.82, 2.24) is 10.3 Å². The molecule has 1 fully saturated rings. The number of aromatic nitrogens is 1. The number of pyridine rings is 1. The zero-order valence-electron chi connectivity index (χ0n) is 11.8. The summed E-state index contributed by atoms with van der Waals surface area (Å²) >= 11 is 0. The van der Waals surface area contributed by atoms with Crippen molar-refractivity contribution in [2.24, 2.45) is 11.8 Å². The number of rotatable bonds is 4. The number of Topliss-reactive ketones (excluding diaryl/α,β-unsaturated/α-hetero) is 1. The molecular formula is C15H22N2O2. The molecule has 1 aromatic heterocycles. The summed E-state index contributed by atoms with van der Waals surface area (Å²) in [6.45, 7) is 7.87. The molecule has 0 saturated carbocycles. The van der Waals surface area contributed by atoms with Crippen LogP contribution in [0.25, 0.3) is 0 Å². The molecule has 1 saturated heterocycles. The highest BCUT2D eigenvalue weighted by atomic mass is 16.5. The largest absolute Gasteiger partial charge is 0.489 e. The summed E-state index contributed by atoms with van der Waals surface area (Å²) in [4.78, 5) is 16.6. The smallest absolute Gasteiger partial charge is 0.167 e. The lowest BCUT2D eigenvalue weighted by Crippen LogP contribution is -2.38. The fourth-order valence-electron chi connectivity index (χ4n) is 2.51. The lowest BCUT2D eigenvalue weighted by molar-refractivity contribution is 0.0847. The van der Waals surface area contributed by atoms with Gasteiger partial charge in [0.1, 0.15) is 5.75 Å². The Balaban J connectivity index is 2.14. The molecule has 1 aliphatic heterocycles. The van der Waals surface area contributed by atoms with E-state index in [4.69, 9.17) is 4.74 Å². The van der Waals surface area contributed by atoms with Gasteiger partial charge in [0.15, 0.2) is 5.78 Å². The Labute approximate surface area is 114 Å². The molecule has 4 nitrogen and oxygen atoms in total.